The average molecular weight is 284 g/mol. The fraction of sp³-hybridized carbons (Fsp3) is 0.0833. The summed E-state index contributed by atoms with van der Waals surface area (Å²) in [6.45, 7) is 1.91. The first-order valence-electron chi connectivity index (χ1n) is 5.84. The van der Waals surface area contributed by atoms with Crippen LogP contribution in [0.1, 0.15) is 5.69 Å². The molecule has 0 aliphatic rings. The van der Waals surface area contributed by atoms with Gasteiger partial charge in [-0.2, -0.15) is 4.98 Å². The van der Waals surface area contributed by atoms with E-state index >= 15 is 0 Å². The van der Waals surface area contributed by atoms with Crippen molar-refractivity contribution >= 4 is 17.0 Å². The number of fused-ring (bicyclic) bond motifs is 1. The lowest BCUT2D eigenvalue weighted by molar-refractivity contribution is 0.432. The molecule has 20 heavy (non-hydrogen) atoms. The molecule has 8 heteroatoms. The SMILES string of the molecule is Cc1ncsc1-c1nc(-c2cnc3cnccn23)no1. The summed E-state index contributed by atoms with van der Waals surface area (Å²) in [5.41, 5.74) is 4.14. The molecule has 4 rings (SSSR count). The Kier molecular flexibility index (Phi) is 2.36. The predicted molar refractivity (Wildman–Crippen MR) is 72.1 cm³/mol. The van der Waals surface area contributed by atoms with Gasteiger partial charge in [0.15, 0.2) is 5.65 Å². The Labute approximate surface area is 117 Å². The Morgan fingerprint density at radius 3 is 3.05 bits per heavy atom. The van der Waals surface area contributed by atoms with Gasteiger partial charge >= 0.3 is 0 Å². The summed E-state index contributed by atoms with van der Waals surface area (Å²) in [6.07, 6.45) is 6.88. The first-order valence-corrected chi connectivity index (χ1v) is 6.72. The second-order valence-corrected chi connectivity index (χ2v) is 4.99. The molecule has 0 N–H and O–H groups in total. The van der Waals surface area contributed by atoms with Crippen molar-refractivity contribution in [2.45, 2.75) is 6.92 Å². The van der Waals surface area contributed by atoms with E-state index in [1.807, 2.05) is 17.5 Å². The third-order valence-electron chi connectivity index (χ3n) is 2.91. The van der Waals surface area contributed by atoms with Crippen LogP contribution in [0.15, 0.2) is 34.8 Å². The highest BCUT2D eigenvalue weighted by atomic mass is 32.1. The summed E-state index contributed by atoms with van der Waals surface area (Å²) in [7, 11) is 0. The lowest BCUT2D eigenvalue weighted by Gasteiger charge is -1.94. The Balaban J connectivity index is 1.84. The first kappa shape index (κ1) is 11.2. The molecule has 4 heterocycles. The predicted octanol–water partition coefficient (Wildman–Crippen LogP) is 2.21. The lowest BCUT2D eigenvalue weighted by Crippen LogP contribution is -1.89. The minimum atomic E-state index is 0.476. The van der Waals surface area contributed by atoms with E-state index in [2.05, 4.69) is 25.1 Å². The summed E-state index contributed by atoms with van der Waals surface area (Å²) >= 11 is 1.48. The van der Waals surface area contributed by atoms with Crippen molar-refractivity contribution < 1.29 is 4.52 Å². The molecule has 0 aromatic carbocycles. The van der Waals surface area contributed by atoms with Crippen LogP contribution >= 0.6 is 11.3 Å². The van der Waals surface area contributed by atoms with Crippen molar-refractivity contribution in [2.75, 3.05) is 0 Å². The molecule has 7 nitrogen and oxygen atoms in total. The topological polar surface area (TPSA) is 82.0 Å². The summed E-state index contributed by atoms with van der Waals surface area (Å²) in [5, 5.41) is 4.02. The molecule has 4 aromatic rings. The van der Waals surface area contributed by atoms with Gasteiger partial charge in [0, 0.05) is 12.4 Å². The van der Waals surface area contributed by atoms with Gasteiger partial charge in [-0.1, -0.05) is 5.16 Å². The molecule has 0 bridgehead atoms. The molecule has 0 saturated carbocycles. The van der Waals surface area contributed by atoms with Crippen molar-refractivity contribution in [3.05, 3.63) is 36.0 Å². The van der Waals surface area contributed by atoms with E-state index in [9.17, 15) is 0 Å². The van der Waals surface area contributed by atoms with Gasteiger partial charge in [-0.05, 0) is 6.92 Å². The summed E-state index contributed by atoms with van der Waals surface area (Å²) < 4.78 is 7.18. The van der Waals surface area contributed by atoms with Crippen molar-refractivity contribution in [1.82, 2.24) is 29.5 Å². The standard InChI is InChI=1S/C12H8N6OS/c1-7-10(20-6-15-7)12-16-11(17-19-12)8-4-14-9-5-13-2-3-18(8)9/h2-6H,1H3. The van der Waals surface area contributed by atoms with Gasteiger partial charge in [0.2, 0.25) is 5.82 Å². The van der Waals surface area contributed by atoms with Crippen LogP contribution < -0.4 is 0 Å². The normalized spacial score (nSPS) is 11.2. The molecule has 0 fully saturated rings. The highest BCUT2D eigenvalue weighted by molar-refractivity contribution is 7.13. The fourth-order valence-corrected chi connectivity index (χ4v) is 2.66. The van der Waals surface area contributed by atoms with Crippen LogP contribution in [0.3, 0.4) is 0 Å². The molecule has 98 valence electrons. The molecule has 0 saturated heterocycles. The zero-order valence-corrected chi connectivity index (χ0v) is 11.2. The van der Waals surface area contributed by atoms with Crippen LogP contribution in [0.4, 0.5) is 0 Å². The quantitative estimate of drug-likeness (QED) is 0.561. The molecule has 4 aromatic heterocycles. The maximum Gasteiger partial charge on any atom is 0.270 e. The van der Waals surface area contributed by atoms with Crippen LogP contribution in [-0.4, -0.2) is 29.5 Å². The highest BCUT2D eigenvalue weighted by Crippen LogP contribution is 2.27. The van der Waals surface area contributed by atoms with E-state index < -0.39 is 0 Å². The number of hydrogen-bond donors (Lipinski definition) is 0. The number of rotatable bonds is 2. The number of aryl methyl sites for hydroxylation is 1. The second kappa shape index (κ2) is 4.20. The van der Waals surface area contributed by atoms with Crippen molar-refractivity contribution in [3.63, 3.8) is 0 Å². The van der Waals surface area contributed by atoms with Crippen LogP contribution in [-0.2, 0) is 0 Å². The van der Waals surface area contributed by atoms with Crippen LogP contribution in [0, 0.1) is 6.92 Å². The molecule has 0 spiro atoms. The lowest BCUT2D eigenvalue weighted by atomic mass is 10.4. The Morgan fingerprint density at radius 2 is 2.20 bits per heavy atom. The molecular formula is C12H8N6OS. The van der Waals surface area contributed by atoms with Crippen LogP contribution in [0.2, 0.25) is 0 Å². The molecule has 0 aliphatic heterocycles. The number of imidazole rings is 1. The number of aromatic nitrogens is 6. The fourth-order valence-electron chi connectivity index (χ4n) is 1.93. The maximum atomic E-state index is 5.32. The second-order valence-electron chi connectivity index (χ2n) is 4.14. The molecule has 0 radical (unpaired) electrons. The summed E-state index contributed by atoms with van der Waals surface area (Å²) in [6, 6.07) is 0. The number of nitrogens with zero attached hydrogens (tertiary/aromatic N) is 6. The Hall–Kier alpha value is -2.61. The molecule has 0 aliphatic carbocycles. The van der Waals surface area contributed by atoms with E-state index in [0.717, 1.165) is 21.9 Å². The zero-order valence-electron chi connectivity index (χ0n) is 10.4. The van der Waals surface area contributed by atoms with E-state index in [-0.39, 0.29) is 0 Å². The number of thiazole rings is 1. The third-order valence-corrected chi connectivity index (χ3v) is 3.83. The van der Waals surface area contributed by atoms with Gasteiger partial charge in [-0.15, -0.1) is 11.3 Å². The van der Waals surface area contributed by atoms with Crippen molar-refractivity contribution in [2.24, 2.45) is 0 Å². The van der Waals surface area contributed by atoms with Gasteiger partial charge in [-0.3, -0.25) is 9.38 Å². The highest BCUT2D eigenvalue weighted by Gasteiger charge is 2.16. The number of hydrogen-bond acceptors (Lipinski definition) is 7. The van der Waals surface area contributed by atoms with E-state index in [1.165, 1.54) is 11.3 Å². The largest absolute Gasteiger partial charge is 0.333 e. The van der Waals surface area contributed by atoms with Gasteiger partial charge in [0.1, 0.15) is 10.6 Å². The monoisotopic (exact) mass is 284 g/mol. The summed E-state index contributed by atoms with van der Waals surface area (Å²) in [5.74, 6) is 0.968. The Morgan fingerprint density at radius 1 is 1.25 bits per heavy atom. The van der Waals surface area contributed by atoms with Gasteiger partial charge in [0.05, 0.1) is 23.6 Å². The minimum absolute atomic E-state index is 0.476. The molecular weight excluding hydrogens is 276 g/mol. The van der Waals surface area contributed by atoms with Crippen LogP contribution in [0.5, 0.6) is 0 Å². The minimum Gasteiger partial charge on any atom is -0.333 e. The van der Waals surface area contributed by atoms with Gasteiger partial charge in [-0.25, -0.2) is 9.97 Å². The first-order chi connectivity index (χ1) is 9.83. The van der Waals surface area contributed by atoms with E-state index in [0.29, 0.717) is 11.7 Å². The van der Waals surface area contributed by atoms with Crippen molar-refractivity contribution in [1.29, 1.82) is 0 Å². The van der Waals surface area contributed by atoms with Crippen molar-refractivity contribution in [3.8, 4) is 22.3 Å². The van der Waals surface area contributed by atoms with Gasteiger partial charge < -0.3 is 4.52 Å². The van der Waals surface area contributed by atoms with E-state index in [1.54, 1.807) is 24.1 Å². The van der Waals surface area contributed by atoms with Crippen LogP contribution in [0.25, 0.3) is 27.9 Å². The van der Waals surface area contributed by atoms with E-state index in [4.69, 9.17) is 4.52 Å². The summed E-state index contributed by atoms with van der Waals surface area (Å²) in [4.78, 5) is 17.8. The third kappa shape index (κ3) is 1.62. The molecule has 0 atom stereocenters. The Bertz CT molecular complexity index is 892. The smallest absolute Gasteiger partial charge is 0.270 e. The maximum absolute atomic E-state index is 5.32. The van der Waals surface area contributed by atoms with Gasteiger partial charge in [0.25, 0.3) is 5.89 Å². The molecule has 0 amide bonds. The zero-order chi connectivity index (χ0) is 13.5. The average Bonchev–Trinajstić information content (AvgIpc) is 3.15. The molecule has 0 unspecified atom stereocenters.